The molecule has 58 heavy (non-hydrogen) atoms. The lowest BCUT2D eigenvalue weighted by atomic mass is 9.98. The van der Waals surface area contributed by atoms with E-state index in [0.29, 0.717) is 5.56 Å². The molecule has 2 saturated heterocycles. The molecule has 0 aromatic heterocycles. The molecule has 2 fully saturated rings. The van der Waals surface area contributed by atoms with Gasteiger partial charge in [-0.25, -0.2) is 0 Å². The number of carbonyl (C=O) groups is 8. The highest BCUT2D eigenvalue weighted by atomic mass is 32.2. The van der Waals surface area contributed by atoms with Crippen molar-refractivity contribution >= 4 is 64.6 Å². The van der Waals surface area contributed by atoms with E-state index in [2.05, 4.69) is 5.16 Å². The predicted molar refractivity (Wildman–Crippen MR) is 191 cm³/mol. The van der Waals surface area contributed by atoms with E-state index in [0.717, 1.165) is 67.2 Å². The number of hydrogen-bond acceptors (Lipinski definition) is 22. The monoisotopic (exact) mass is 843 g/mol. The third-order valence-corrected chi connectivity index (χ3v) is 8.90. The summed E-state index contributed by atoms with van der Waals surface area (Å²) in [7, 11) is 0. The first-order chi connectivity index (χ1) is 27.3. The van der Waals surface area contributed by atoms with E-state index in [4.69, 9.17) is 52.1 Å². The SMILES string of the molecule is CC(=O)OC[C@H]1O[C@@H](Oc2ccc(C/C(=N/O)S[C@@H]3O[C@H](COC(C)=O)[C@@H](OC(C)=O)[C@H](OC(C)=O)[C@H]3OC(C)=O)cc2)[C@H](OC(C)=O)[C@@H](OC(C)=O)[C@H]1OC(C)=O. The van der Waals surface area contributed by atoms with Gasteiger partial charge in [-0.2, -0.15) is 0 Å². The molecule has 0 aliphatic carbocycles. The minimum atomic E-state index is -1.50. The number of carbonyl (C=O) groups excluding carboxylic acids is 8. The summed E-state index contributed by atoms with van der Waals surface area (Å²) in [6.07, 6.45) is -12.6. The van der Waals surface area contributed by atoms with Crippen molar-refractivity contribution in [3.8, 4) is 5.75 Å². The number of oxime groups is 1. The molecule has 1 aromatic rings. The highest BCUT2D eigenvalue weighted by Crippen LogP contribution is 2.36. The molecule has 0 bridgehead atoms. The quantitative estimate of drug-likeness (QED) is 0.0651. The summed E-state index contributed by atoms with van der Waals surface area (Å²) in [5.74, 6) is -6.14. The summed E-state index contributed by atoms with van der Waals surface area (Å²) in [6, 6.07) is 6.05. The van der Waals surface area contributed by atoms with Crippen LogP contribution in [0.2, 0.25) is 0 Å². The summed E-state index contributed by atoms with van der Waals surface area (Å²) < 4.78 is 60.8. The summed E-state index contributed by atoms with van der Waals surface area (Å²) >= 11 is 0.771. The molecule has 320 valence electrons. The van der Waals surface area contributed by atoms with Crippen LogP contribution in [0, 0.1) is 0 Å². The predicted octanol–water partition coefficient (Wildman–Crippen LogP) is 1.30. The molecule has 0 amide bonds. The highest BCUT2D eigenvalue weighted by Gasteiger charge is 2.54. The smallest absolute Gasteiger partial charge is 0.303 e. The van der Waals surface area contributed by atoms with E-state index < -0.39 is 122 Å². The first-order valence-electron chi connectivity index (χ1n) is 17.5. The van der Waals surface area contributed by atoms with E-state index in [1.165, 1.54) is 12.1 Å². The summed E-state index contributed by atoms with van der Waals surface area (Å²) in [6.45, 7) is 7.88. The van der Waals surface area contributed by atoms with Crippen molar-refractivity contribution in [3.63, 3.8) is 0 Å². The lowest BCUT2D eigenvalue weighted by molar-refractivity contribution is -0.288. The molecule has 2 heterocycles. The van der Waals surface area contributed by atoms with Gasteiger partial charge in [0, 0.05) is 61.8 Å². The van der Waals surface area contributed by atoms with Crippen LogP contribution in [0.4, 0.5) is 0 Å². The van der Waals surface area contributed by atoms with Gasteiger partial charge in [0.2, 0.25) is 12.4 Å². The van der Waals surface area contributed by atoms with E-state index in [1.807, 2.05) is 0 Å². The average molecular weight is 844 g/mol. The Morgan fingerprint density at radius 3 is 1.38 bits per heavy atom. The molecule has 22 heteroatoms. The number of thioether (sulfide) groups is 1. The minimum absolute atomic E-state index is 0.00541. The number of hydrogen-bond donors (Lipinski definition) is 1. The molecule has 3 rings (SSSR count). The number of benzene rings is 1. The lowest BCUT2D eigenvalue weighted by Crippen LogP contribution is -2.63. The standard InChI is InChI=1S/C36H45NO20S/c1-16(38)47-14-26-29(49-18(3)40)31(51-20(5)42)33(53-22(7)44)35(56-26)55-25-11-9-24(10-12-25)13-28(37-46)58-36-34(54-23(8)45)32(52-21(6)43)30(50-19(4)41)27(57-36)15-48-17(2)39/h9-12,26-27,29-36,46H,13-15H2,1-8H3/b37-28-/t26-,27-,29+,30-,31+,32+,33-,34-,35-,36+/m1/s1. The van der Waals surface area contributed by atoms with Crippen LogP contribution in [0.25, 0.3) is 0 Å². The fraction of sp³-hybridized carbons (Fsp3) is 0.583. The van der Waals surface area contributed by atoms with Crippen LogP contribution in [0.5, 0.6) is 5.75 Å². The zero-order valence-electron chi connectivity index (χ0n) is 32.8. The summed E-state index contributed by atoms with van der Waals surface area (Å²) in [4.78, 5) is 96.1. The van der Waals surface area contributed by atoms with Gasteiger partial charge in [0.15, 0.2) is 30.5 Å². The average Bonchev–Trinajstić information content (AvgIpc) is 3.10. The number of ether oxygens (including phenoxy) is 11. The van der Waals surface area contributed by atoms with E-state index in [1.54, 1.807) is 12.1 Å². The van der Waals surface area contributed by atoms with Crippen molar-refractivity contribution in [2.24, 2.45) is 5.16 Å². The van der Waals surface area contributed by atoms with Gasteiger partial charge in [0.1, 0.15) is 41.7 Å². The molecule has 0 unspecified atom stereocenters. The molecule has 1 aromatic carbocycles. The molecule has 2 aliphatic rings. The molecular formula is C36H45NO20S. The van der Waals surface area contributed by atoms with Crippen molar-refractivity contribution < 1.29 is 95.7 Å². The third kappa shape index (κ3) is 14.5. The van der Waals surface area contributed by atoms with E-state index in [9.17, 15) is 43.6 Å². The van der Waals surface area contributed by atoms with Gasteiger partial charge in [0.05, 0.1) is 0 Å². The molecule has 10 atom stereocenters. The van der Waals surface area contributed by atoms with Crippen molar-refractivity contribution in [2.45, 2.75) is 122 Å². The van der Waals surface area contributed by atoms with Gasteiger partial charge in [-0.05, 0) is 17.7 Å². The number of rotatable bonds is 15. The summed E-state index contributed by atoms with van der Waals surface area (Å²) in [5.41, 5.74) is -0.753. The van der Waals surface area contributed by atoms with Crippen molar-refractivity contribution in [2.75, 3.05) is 13.2 Å². The fourth-order valence-corrected chi connectivity index (χ4v) is 6.90. The molecule has 21 nitrogen and oxygen atoms in total. The van der Waals surface area contributed by atoms with Crippen LogP contribution in [0.15, 0.2) is 29.4 Å². The lowest BCUT2D eigenvalue weighted by Gasteiger charge is -2.44. The van der Waals surface area contributed by atoms with Crippen LogP contribution in [-0.2, 0) is 92.1 Å². The maximum Gasteiger partial charge on any atom is 0.303 e. The second kappa shape index (κ2) is 21.9. The van der Waals surface area contributed by atoms with Gasteiger partial charge in [-0.3, -0.25) is 38.4 Å². The topological polar surface area (TPSA) is 271 Å². The van der Waals surface area contributed by atoms with Crippen LogP contribution in [-0.4, -0.2) is 132 Å². The molecule has 0 spiro atoms. The van der Waals surface area contributed by atoms with Crippen LogP contribution in [0.3, 0.4) is 0 Å². The maximum atomic E-state index is 12.2. The zero-order chi connectivity index (χ0) is 43.3. The first kappa shape index (κ1) is 46.9. The minimum Gasteiger partial charge on any atom is -0.463 e. The number of esters is 8. The van der Waals surface area contributed by atoms with Crippen LogP contribution >= 0.6 is 11.8 Å². The Hall–Kier alpha value is -5.48. The Kier molecular flexibility index (Phi) is 17.7. The Balaban J connectivity index is 1.90. The maximum absolute atomic E-state index is 12.2. The molecule has 0 saturated carbocycles. The second-order valence-corrected chi connectivity index (χ2v) is 13.9. The summed E-state index contributed by atoms with van der Waals surface area (Å²) in [5, 5.41) is 13.4. The van der Waals surface area contributed by atoms with Gasteiger partial charge in [-0.1, -0.05) is 29.1 Å². The second-order valence-electron chi connectivity index (χ2n) is 12.7. The van der Waals surface area contributed by atoms with Crippen molar-refractivity contribution in [1.29, 1.82) is 0 Å². The van der Waals surface area contributed by atoms with Gasteiger partial charge in [-0.15, -0.1) is 0 Å². The Morgan fingerprint density at radius 2 is 0.948 bits per heavy atom. The Morgan fingerprint density at radius 1 is 0.552 bits per heavy atom. The van der Waals surface area contributed by atoms with Crippen LogP contribution < -0.4 is 4.74 Å². The van der Waals surface area contributed by atoms with Crippen molar-refractivity contribution in [3.05, 3.63) is 29.8 Å². The van der Waals surface area contributed by atoms with E-state index >= 15 is 0 Å². The first-order valence-corrected chi connectivity index (χ1v) is 18.4. The molecule has 0 radical (unpaired) electrons. The highest BCUT2D eigenvalue weighted by molar-refractivity contribution is 8.14. The molecule has 1 N–H and O–H groups in total. The van der Waals surface area contributed by atoms with Gasteiger partial charge >= 0.3 is 47.8 Å². The zero-order valence-corrected chi connectivity index (χ0v) is 33.6. The van der Waals surface area contributed by atoms with Crippen LogP contribution in [0.1, 0.15) is 61.0 Å². The molecular weight excluding hydrogens is 798 g/mol. The van der Waals surface area contributed by atoms with E-state index in [-0.39, 0.29) is 17.2 Å². The largest absolute Gasteiger partial charge is 0.463 e. The third-order valence-electron chi connectivity index (χ3n) is 7.79. The number of nitrogens with zero attached hydrogens (tertiary/aromatic N) is 1. The Labute approximate surface area is 336 Å². The Bertz CT molecular complexity index is 1700. The van der Waals surface area contributed by atoms with Gasteiger partial charge < -0.3 is 57.3 Å². The van der Waals surface area contributed by atoms with Gasteiger partial charge in [0.25, 0.3) is 0 Å². The molecule has 2 aliphatic heterocycles. The van der Waals surface area contributed by atoms with Crippen molar-refractivity contribution in [1.82, 2.24) is 0 Å². The normalized spacial score (nSPS) is 26.8. The fourth-order valence-electron chi connectivity index (χ4n) is 5.80.